The number of nitrogens with zero attached hydrogens (tertiary/aromatic N) is 3. The molecule has 1 amide bonds. The number of sulfone groups is 1. The smallest absolute Gasteiger partial charge is 0.255 e. The molecule has 2 aromatic heterocycles. The number of halogens is 3. The SMILES string of the molecule is O=C(Nc1ccc(F)c(F)c1)c1ccc(Cl)c(S(=O)(=O)[C@H]2CC3CCC(C2)[C@]3(O)C(O)C(O)c2cccc(-n3cccn3)n2)c1. The van der Waals surface area contributed by atoms with Crippen LogP contribution >= 0.6 is 11.6 Å². The average molecular weight is 659 g/mol. The minimum Gasteiger partial charge on any atom is -0.387 e. The number of pyridine rings is 1. The normalized spacial score (nSPS) is 24.3. The van der Waals surface area contributed by atoms with E-state index in [1.54, 1.807) is 30.6 Å². The van der Waals surface area contributed by atoms with Gasteiger partial charge in [0.2, 0.25) is 0 Å². The summed E-state index contributed by atoms with van der Waals surface area (Å²) in [7, 11) is -4.14. The molecular formula is C31H29ClF2N4O6S. The lowest BCUT2D eigenvalue weighted by Gasteiger charge is -2.46. The van der Waals surface area contributed by atoms with Gasteiger partial charge in [-0.3, -0.25) is 4.79 Å². The van der Waals surface area contributed by atoms with Gasteiger partial charge in [-0.2, -0.15) is 5.10 Å². The largest absolute Gasteiger partial charge is 0.387 e. The highest BCUT2D eigenvalue weighted by Gasteiger charge is 2.60. The molecule has 2 saturated carbocycles. The highest BCUT2D eigenvalue weighted by molar-refractivity contribution is 7.92. The summed E-state index contributed by atoms with van der Waals surface area (Å²) in [5.74, 6) is -3.90. The fourth-order valence-corrected chi connectivity index (χ4v) is 9.05. The highest BCUT2D eigenvalue weighted by Crippen LogP contribution is 2.55. The van der Waals surface area contributed by atoms with Crippen molar-refractivity contribution >= 4 is 33.0 Å². The lowest BCUT2D eigenvalue weighted by Crippen LogP contribution is -2.57. The van der Waals surface area contributed by atoms with E-state index in [0.717, 1.165) is 18.2 Å². The van der Waals surface area contributed by atoms with E-state index in [9.17, 15) is 37.3 Å². The molecule has 10 nitrogen and oxygen atoms in total. The summed E-state index contributed by atoms with van der Waals surface area (Å²) in [6, 6.07) is 13.1. The molecule has 45 heavy (non-hydrogen) atoms. The van der Waals surface area contributed by atoms with Crippen molar-refractivity contribution in [2.75, 3.05) is 5.32 Å². The molecule has 6 rings (SSSR count). The number of aromatic nitrogens is 3. The number of aliphatic hydroxyl groups is 3. The Kier molecular flexibility index (Phi) is 8.25. The summed E-state index contributed by atoms with van der Waals surface area (Å²) >= 11 is 6.32. The first kappa shape index (κ1) is 31.2. The number of rotatable bonds is 8. The van der Waals surface area contributed by atoms with Gasteiger partial charge in [0.15, 0.2) is 27.3 Å². The fourth-order valence-electron chi connectivity index (χ4n) is 6.65. The number of aliphatic hydroxyl groups excluding tert-OH is 2. The van der Waals surface area contributed by atoms with Crippen LogP contribution in [0.15, 0.2) is 78.0 Å². The molecule has 2 bridgehead atoms. The van der Waals surface area contributed by atoms with E-state index in [0.29, 0.717) is 18.7 Å². The molecule has 2 heterocycles. The summed E-state index contributed by atoms with van der Waals surface area (Å²) in [4.78, 5) is 17.0. The highest BCUT2D eigenvalue weighted by atomic mass is 35.5. The van der Waals surface area contributed by atoms with Crippen molar-refractivity contribution in [2.45, 2.75) is 53.6 Å². The van der Waals surface area contributed by atoms with E-state index in [2.05, 4.69) is 15.4 Å². The van der Waals surface area contributed by atoms with Gasteiger partial charge in [0.05, 0.1) is 26.5 Å². The fraction of sp³-hybridized carbons (Fsp3) is 0.323. The Balaban J connectivity index is 1.21. The maximum atomic E-state index is 13.9. The summed E-state index contributed by atoms with van der Waals surface area (Å²) in [6.45, 7) is 0. The van der Waals surface area contributed by atoms with Crippen molar-refractivity contribution in [2.24, 2.45) is 11.8 Å². The molecule has 2 fully saturated rings. The number of anilines is 1. The van der Waals surface area contributed by atoms with Crippen LogP contribution < -0.4 is 5.32 Å². The lowest BCUT2D eigenvalue weighted by atomic mass is 9.69. The van der Waals surface area contributed by atoms with Crippen LogP contribution in [-0.4, -0.2) is 61.4 Å². The number of hydrogen-bond donors (Lipinski definition) is 4. The van der Waals surface area contributed by atoms with Crippen molar-refractivity contribution in [3.8, 4) is 5.82 Å². The number of carbonyl (C=O) groups excluding carboxylic acids is 1. The summed E-state index contributed by atoms with van der Waals surface area (Å²) in [5, 5.41) is 39.8. The first-order chi connectivity index (χ1) is 21.4. The molecular weight excluding hydrogens is 630 g/mol. The number of hydrogen-bond acceptors (Lipinski definition) is 8. The monoisotopic (exact) mass is 658 g/mol. The number of fused-ring (bicyclic) bond motifs is 2. The van der Waals surface area contributed by atoms with Gasteiger partial charge in [0, 0.05) is 29.7 Å². The van der Waals surface area contributed by atoms with Crippen molar-refractivity contribution in [3.63, 3.8) is 0 Å². The van der Waals surface area contributed by atoms with Gasteiger partial charge < -0.3 is 20.6 Å². The second-order valence-electron chi connectivity index (χ2n) is 11.5. The third kappa shape index (κ3) is 5.63. The molecule has 0 aliphatic heterocycles. The van der Waals surface area contributed by atoms with E-state index in [-0.39, 0.29) is 39.7 Å². The van der Waals surface area contributed by atoms with Crippen LogP contribution in [0.25, 0.3) is 5.82 Å². The Morgan fingerprint density at radius 1 is 1.02 bits per heavy atom. The zero-order valence-electron chi connectivity index (χ0n) is 23.6. The maximum absolute atomic E-state index is 13.9. The Labute approximate surface area is 262 Å². The summed E-state index contributed by atoms with van der Waals surface area (Å²) in [6.07, 6.45) is 0.881. The third-order valence-electron chi connectivity index (χ3n) is 8.95. The van der Waals surface area contributed by atoms with Gasteiger partial charge in [0.25, 0.3) is 5.91 Å². The van der Waals surface area contributed by atoms with Crippen molar-refractivity contribution in [1.82, 2.24) is 14.8 Å². The Morgan fingerprint density at radius 3 is 2.42 bits per heavy atom. The van der Waals surface area contributed by atoms with Crippen molar-refractivity contribution in [1.29, 1.82) is 0 Å². The van der Waals surface area contributed by atoms with Gasteiger partial charge in [-0.25, -0.2) is 26.9 Å². The standard InChI is InChI=1S/C31H29ClF2N4O6S/c32-22-9-5-17(30(41)36-20-8-10-23(33)24(34)16-20)13-26(22)45(43,44)21-14-18-6-7-19(15-21)31(18,42)29(40)28(39)25-3-1-4-27(37-25)38-12-2-11-35-38/h1-5,8-13,16,18-19,21,28-29,39-40,42H,6-7,14-15H2,(H,36,41)/t18?,19?,21-,28?,29?,31-. The number of carbonyl (C=O) groups is 1. The topological polar surface area (TPSA) is 155 Å². The molecule has 14 heteroatoms. The Morgan fingerprint density at radius 2 is 1.76 bits per heavy atom. The number of benzene rings is 2. The molecule has 2 aromatic carbocycles. The third-order valence-corrected chi connectivity index (χ3v) is 11.6. The first-order valence-corrected chi connectivity index (χ1v) is 16.2. The second-order valence-corrected chi connectivity index (χ2v) is 14.1. The van der Waals surface area contributed by atoms with Gasteiger partial charge >= 0.3 is 0 Å². The van der Waals surface area contributed by atoms with Crippen LogP contribution in [0.2, 0.25) is 5.02 Å². The zero-order valence-corrected chi connectivity index (χ0v) is 25.2. The van der Waals surface area contributed by atoms with Crippen LogP contribution in [-0.2, 0) is 9.84 Å². The van der Waals surface area contributed by atoms with Crippen LogP contribution in [0.5, 0.6) is 0 Å². The maximum Gasteiger partial charge on any atom is 0.255 e. The van der Waals surface area contributed by atoms with Crippen LogP contribution in [0.4, 0.5) is 14.5 Å². The quantitative estimate of drug-likeness (QED) is 0.219. The molecule has 4 N–H and O–H groups in total. The van der Waals surface area contributed by atoms with Crippen molar-refractivity contribution in [3.05, 3.63) is 101 Å². The summed E-state index contributed by atoms with van der Waals surface area (Å²) in [5.41, 5.74) is -1.74. The van der Waals surface area contributed by atoms with E-state index in [1.807, 2.05) is 0 Å². The minimum atomic E-state index is -4.14. The van der Waals surface area contributed by atoms with Crippen LogP contribution in [0, 0.1) is 23.5 Å². The molecule has 2 aliphatic rings. The van der Waals surface area contributed by atoms with E-state index >= 15 is 0 Å². The molecule has 0 saturated heterocycles. The molecule has 2 aliphatic carbocycles. The van der Waals surface area contributed by atoms with Gasteiger partial charge in [0.1, 0.15) is 12.2 Å². The van der Waals surface area contributed by atoms with Gasteiger partial charge in [-0.15, -0.1) is 0 Å². The molecule has 0 radical (unpaired) electrons. The summed E-state index contributed by atoms with van der Waals surface area (Å²) < 4.78 is 56.2. The Bertz CT molecular complexity index is 1840. The van der Waals surface area contributed by atoms with Gasteiger partial charge in [-0.05, 0) is 86.1 Å². The first-order valence-electron chi connectivity index (χ1n) is 14.2. The molecule has 4 atom stereocenters. The number of nitrogens with one attached hydrogen (secondary N) is 1. The van der Waals surface area contributed by atoms with E-state index < -0.39 is 62.3 Å². The lowest BCUT2D eigenvalue weighted by molar-refractivity contribution is -0.178. The number of amides is 1. The predicted molar refractivity (Wildman–Crippen MR) is 159 cm³/mol. The van der Waals surface area contributed by atoms with E-state index in [1.165, 1.54) is 28.9 Å². The van der Waals surface area contributed by atoms with Crippen LogP contribution in [0.1, 0.15) is 47.8 Å². The van der Waals surface area contributed by atoms with Gasteiger partial charge in [-0.1, -0.05) is 17.7 Å². The minimum absolute atomic E-state index is 0.0124. The Hall–Kier alpha value is -3.75. The predicted octanol–water partition coefficient (Wildman–Crippen LogP) is 4.24. The van der Waals surface area contributed by atoms with Crippen molar-refractivity contribution < 1.29 is 37.3 Å². The van der Waals surface area contributed by atoms with Crippen LogP contribution in [0.3, 0.4) is 0 Å². The molecule has 236 valence electrons. The average Bonchev–Trinajstić information content (AvgIpc) is 3.60. The zero-order chi connectivity index (χ0) is 32.1. The second kappa shape index (κ2) is 11.9. The molecule has 4 unspecified atom stereocenters. The van der Waals surface area contributed by atoms with E-state index in [4.69, 9.17) is 11.6 Å². The molecule has 4 aromatic rings. The molecule has 0 spiro atoms.